The number of nitrogens with one attached hydrogen (secondary N) is 1. The number of benzene rings is 2. The van der Waals surface area contributed by atoms with E-state index in [0.29, 0.717) is 16.3 Å². The molecule has 0 heterocycles. The summed E-state index contributed by atoms with van der Waals surface area (Å²) in [7, 11) is -3.56. The Morgan fingerprint density at radius 3 is 2.32 bits per heavy atom. The van der Waals surface area contributed by atoms with Crippen molar-refractivity contribution >= 4 is 33.2 Å². The van der Waals surface area contributed by atoms with Crippen LogP contribution in [0.25, 0.3) is 0 Å². The summed E-state index contributed by atoms with van der Waals surface area (Å²) in [6.07, 6.45) is 0.165. The second kappa shape index (κ2) is 6.91. The third-order valence-corrected chi connectivity index (χ3v) is 4.02. The molecule has 2 rings (SSSR count). The molecule has 0 saturated carbocycles. The van der Waals surface area contributed by atoms with Crippen LogP contribution in [0.15, 0.2) is 48.5 Å². The zero-order valence-corrected chi connectivity index (χ0v) is 13.2. The lowest BCUT2D eigenvalue weighted by atomic mass is 10.1. The van der Waals surface area contributed by atoms with Crippen LogP contribution in [0.3, 0.4) is 0 Å². The molecule has 0 spiro atoms. The molecule has 1 amide bonds. The minimum atomic E-state index is -3.56. The second-order valence-corrected chi connectivity index (χ2v) is 6.84. The van der Waals surface area contributed by atoms with Gasteiger partial charge in [-0.05, 0) is 29.3 Å². The van der Waals surface area contributed by atoms with Crippen LogP contribution in [0.4, 0.5) is 5.69 Å². The number of hydrogen-bond acceptors (Lipinski definition) is 3. The van der Waals surface area contributed by atoms with Crippen molar-refractivity contribution in [1.82, 2.24) is 0 Å². The van der Waals surface area contributed by atoms with Crippen LogP contribution in [0.1, 0.15) is 11.1 Å². The van der Waals surface area contributed by atoms with E-state index in [4.69, 9.17) is 16.7 Å². The molecule has 2 aromatic rings. The first-order valence-corrected chi connectivity index (χ1v) is 8.55. The van der Waals surface area contributed by atoms with Crippen molar-refractivity contribution in [2.75, 3.05) is 5.32 Å². The molecule has 0 aliphatic rings. The third-order valence-electron chi connectivity index (χ3n) is 2.91. The number of carbonyl (C=O) groups is 1. The van der Waals surface area contributed by atoms with Crippen molar-refractivity contribution in [3.63, 3.8) is 0 Å². The van der Waals surface area contributed by atoms with Gasteiger partial charge in [-0.3, -0.25) is 4.79 Å². The van der Waals surface area contributed by atoms with Gasteiger partial charge in [-0.15, -0.1) is 0 Å². The summed E-state index contributed by atoms with van der Waals surface area (Å²) in [5.41, 5.74) is 1.88. The number of nitrogens with two attached hydrogens (primary N) is 1. The van der Waals surface area contributed by atoms with Gasteiger partial charge in [-0.1, -0.05) is 41.9 Å². The van der Waals surface area contributed by atoms with Crippen LogP contribution in [0.5, 0.6) is 0 Å². The maximum absolute atomic E-state index is 12.0. The number of amides is 1. The van der Waals surface area contributed by atoms with Gasteiger partial charge in [0.2, 0.25) is 15.9 Å². The molecule has 0 radical (unpaired) electrons. The lowest BCUT2D eigenvalue weighted by Crippen LogP contribution is -2.15. The largest absolute Gasteiger partial charge is 0.326 e. The Morgan fingerprint density at radius 1 is 1.09 bits per heavy atom. The van der Waals surface area contributed by atoms with Crippen molar-refractivity contribution in [1.29, 1.82) is 0 Å². The summed E-state index contributed by atoms with van der Waals surface area (Å²) < 4.78 is 22.0. The van der Waals surface area contributed by atoms with Crippen molar-refractivity contribution in [3.8, 4) is 0 Å². The minimum absolute atomic E-state index is 0.165. The topological polar surface area (TPSA) is 89.3 Å². The van der Waals surface area contributed by atoms with Crippen LogP contribution >= 0.6 is 11.6 Å². The van der Waals surface area contributed by atoms with Gasteiger partial charge in [0.05, 0.1) is 12.2 Å². The molecule has 0 bridgehead atoms. The molecule has 0 fully saturated rings. The number of rotatable bonds is 5. The van der Waals surface area contributed by atoms with Crippen molar-refractivity contribution in [2.45, 2.75) is 12.2 Å². The lowest BCUT2D eigenvalue weighted by Gasteiger charge is -2.07. The third kappa shape index (κ3) is 5.14. The average Bonchev–Trinajstić information content (AvgIpc) is 2.42. The smallest absolute Gasteiger partial charge is 0.228 e. The molecule has 0 aromatic heterocycles. The zero-order chi connectivity index (χ0) is 16.2. The Balaban J connectivity index is 1.99. The zero-order valence-electron chi connectivity index (χ0n) is 11.6. The maximum Gasteiger partial charge on any atom is 0.228 e. The van der Waals surface area contributed by atoms with Crippen LogP contribution in [0.2, 0.25) is 5.02 Å². The lowest BCUT2D eigenvalue weighted by molar-refractivity contribution is -0.115. The molecule has 22 heavy (non-hydrogen) atoms. The van der Waals surface area contributed by atoms with Crippen molar-refractivity contribution in [2.24, 2.45) is 5.14 Å². The molecule has 0 saturated heterocycles. The Kier molecular flexibility index (Phi) is 5.18. The summed E-state index contributed by atoms with van der Waals surface area (Å²) >= 11 is 6.00. The van der Waals surface area contributed by atoms with Gasteiger partial charge < -0.3 is 5.32 Å². The standard InChI is InChI=1S/C15H15ClN2O3S/c16-14-4-2-1-3-12(14)9-15(19)18-13-7-5-11(6-8-13)10-22(17,20)21/h1-8H,9-10H2,(H,18,19)(H2,17,20,21). The fourth-order valence-electron chi connectivity index (χ4n) is 1.94. The highest BCUT2D eigenvalue weighted by molar-refractivity contribution is 7.88. The highest BCUT2D eigenvalue weighted by Gasteiger charge is 2.08. The summed E-state index contributed by atoms with van der Waals surface area (Å²) in [5.74, 6) is -0.437. The van der Waals surface area contributed by atoms with Gasteiger partial charge in [0.15, 0.2) is 0 Å². The molecule has 7 heteroatoms. The molecule has 2 aromatic carbocycles. The summed E-state index contributed by atoms with van der Waals surface area (Å²) in [4.78, 5) is 12.0. The highest BCUT2D eigenvalue weighted by atomic mass is 35.5. The van der Waals surface area contributed by atoms with Crippen molar-refractivity contribution < 1.29 is 13.2 Å². The van der Waals surface area contributed by atoms with Gasteiger partial charge in [0.1, 0.15) is 0 Å². The SMILES string of the molecule is NS(=O)(=O)Cc1ccc(NC(=O)Cc2ccccc2Cl)cc1. The quantitative estimate of drug-likeness (QED) is 0.876. The highest BCUT2D eigenvalue weighted by Crippen LogP contribution is 2.17. The van der Waals surface area contributed by atoms with E-state index < -0.39 is 10.0 Å². The first kappa shape index (κ1) is 16.5. The summed E-state index contributed by atoms with van der Waals surface area (Å²) in [6.45, 7) is 0. The Morgan fingerprint density at radius 2 is 1.73 bits per heavy atom. The van der Waals surface area contributed by atoms with E-state index in [0.717, 1.165) is 5.56 Å². The molecule has 0 aliphatic carbocycles. The number of primary sulfonamides is 1. The first-order valence-electron chi connectivity index (χ1n) is 6.46. The molecular formula is C15H15ClN2O3S. The van der Waals surface area contributed by atoms with E-state index in [9.17, 15) is 13.2 Å². The molecule has 0 aliphatic heterocycles. The van der Waals surface area contributed by atoms with Gasteiger partial charge >= 0.3 is 0 Å². The molecule has 0 atom stereocenters. The van der Waals surface area contributed by atoms with Crippen molar-refractivity contribution in [3.05, 3.63) is 64.7 Å². The molecule has 5 nitrogen and oxygen atoms in total. The number of anilines is 1. The van der Waals surface area contributed by atoms with E-state index in [1.165, 1.54) is 0 Å². The normalized spacial score (nSPS) is 11.2. The van der Waals surface area contributed by atoms with Gasteiger partial charge in [-0.2, -0.15) is 0 Å². The summed E-state index contributed by atoms with van der Waals surface area (Å²) in [5, 5.41) is 8.25. The number of sulfonamides is 1. The maximum atomic E-state index is 12.0. The predicted octanol–water partition coefficient (Wildman–Crippen LogP) is 2.31. The Bertz CT molecular complexity index is 774. The fourth-order valence-corrected chi connectivity index (χ4v) is 2.80. The van der Waals surface area contributed by atoms with E-state index in [1.54, 1.807) is 42.5 Å². The Hall–Kier alpha value is -1.89. The van der Waals surface area contributed by atoms with E-state index >= 15 is 0 Å². The molecular weight excluding hydrogens is 324 g/mol. The van der Waals surface area contributed by atoms with E-state index in [1.807, 2.05) is 6.07 Å². The van der Waals surface area contributed by atoms with Gasteiger partial charge in [-0.25, -0.2) is 13.6 Å². The van der Waals surface area contributed by atoms with Crippen LogP contribution in [-0.2, 0) is 27.0 Å². The van der Waals surface area contributed by atoms with Crippen LogP contribution < -0.4 is 10.5 Å². The minimum Gasteiger partial charge on any atom is -0.326 e. The first-order chi connectivity index (χ1) is 10.3. The fraction of sp³-hybridized carbons (Fsp3) is 0.133. The number of halogens is 1. The second-order valence-electron chi connectivity index (χ2n) is 4.82. The average molecular weight is 339 g/mol. The van der Waals surface area contributed by atoms with Gasteiger partial charge in [0.25, 0.3) is 0 Å². The van der Waals surface area contributed by atoms with Crippen LogP contribution in [0, 0.1) is 0 Å². The molecule has 3 N–H and O–H groups in total. The number of carbonyl (C=O) groups excluding carboxylic acids is 1. The molecule has 0 unspecified atom stereocenters. The van der Waals surface area contributed by atoms with E-state index in [-0.39, 0.29) is 18.1 Å². The van der Waals surface area contributed by atoms with E-state index in [2.05, 4.69) is 5.32 Å². The van der Waals surface area contributed by atoms with Crippen LogP contribution in [-0.4, -0.2) is 14.3 Å². The monoisotopic (exact) mass is 338 g/mol. The number of hydrogen-bond donors (Lipinski definition) is 2. The predicted molar refractivity (Wildman–Crippen MR) is 87.0 cm³/mol. The molecule has 116 valence electrons. The summed E-state index contributed by atoms with van der Waals surface area (Å²) in [6, 6.07) is 13.6. The Labute approximate surface area is 134 Å². The van der Waals surface area contributed by atoms with Gasteiger partial charge in [0, 0.05) is 10.7 Å².